The topological polar surface area (TPSA) is 91.9 Å². The van der Waals surface area contributed by atoms with Crippen molar-refractivity contribution in [2.45, 2.75) is 32.9 Å². The first kappa shape index (κ1) is 14.9. The van der Waals surface area contributed by atoms with Gasteiger partial charge in [-0.05, 0) is 37.1 Å². The first-order valence-corrected chi connectivity index (χ1v) is 7.25. The largest absolute Gasteiger partial charge is 0.309 e. The Balaban J connectivity index is 1.82. The molecule has 2 aromatic rings. The number of rotatable bonds is 3. The van der Waals surface area contributed by atoms with Gasteiger partial charge in [-0.3, -0.25) is 9.59 Å². The standard InChI is InChI=1S/C16H15N5O2/c1-10-5-13-6-12(3-4-14(13)21(10)11(2)22)15(23)8-20-9-18-16(7-17)19-20/h3-4,6,9-10H,5,8H2,1-2H3. The number of carbonyl (C=O) groups excluding carboxylic acids is 2. The van der Waals surface area contributed by atoms with Crippen LogP contribution in [0.2, 0.25) is 0 Å². The minimum Gasteiger partial charge on any atom is -0.309 e. The van der Waals surface area contributed by atoms with Crippen LogP contribution in [0.3, 0.4) is 0 Å². The van der Waals surface area contributed by atoms with Crippen molar-refractivity contribution < 1.29 is 9.59 Å². The summed E-state index contributed by atoms with van der Waals surface area (Å²) in [6, 6.07) is 7.29. The molecule has 1 amide bonds. The molecule has 116 valence electrons. The third kappa shape index (κ3) is 2.71. The number of amides is 1. The van der Waals surface area contributed by atoms with Crippen molar-refractivity contribution in [2.75, 3.05) is 4.90 Å². The molecule has 1 unspecified atom stereocenters. The van der Waals surface area contributed by atoms with Crippen LogP contribution in [0.15, 0.2) is 24.5 Å². The van der Waals surface area contributed by atoms with E-state index >= 15 is 0 Å². The molecule has 1 aliphatic rings. The van der Waals surface area contributed by atoms with E-state index in [1.54, 1.807) is 17.9 Å². The molecule has 1 aromatic carbocycles. The van der Waals surface area contributed by atoms with E-state index in [1.807, 2.05) is 25.1 Å². The van der Waals surface area contributed by atoms with Gasteiger partial charge in [-0.15, -0.1) is 5.10 Å². The number of benzene rings is 1. The maximum atomic E-state index is 12.4. The van der Waals surface area contributed by atoms with E-state index in [9.17, 15) is 9.59 Å². The number of nitriles is 1. The number of fused-ring (bicyclic) bond motifs is 1. The van der Waals surface area contributed by atoms with Gasteiger partial charge in [-0.1, -0.05) is 0 Å². The molecule has 0 saturated carbocycles. The summed E-state index contributed by atoms with van der Waals surface area (Å²) in [5.41, 5.74) is 2.43. The van der Waals surface area contributed by atoms with Crippen molar-refractivity contribution in [1.29, 1.82) is 5.26 Å². The highest BCUT2D eigenvalue weighted by atomic mass is 16.2. The van der Waals surface area contributed by atoms with Crippen molar-refractivity contribution in [3.63, 3.8) is 0 Å². The van der Waals surface area contributed by atoms with E-state index in [4.69, 9.17) is 5.26 Å². The van der Waals surface area contributed by atoms with Gasteiger partial charge in [0, 0.05) is 24.2 Å². The molecule has 1 aromatic heterocycles. The molecular formula is C16H15N5O2. The zero-order chi connectivity index (χ0) is 16.6. The molecule has 0 fully saturated rings. The van der Waals surface area contributed by atoms with Crippen molar-refractivity contribution in [3.8, 4) is 6.07 Å². The van der Waals surface area contributed by atoms with Gasteiger partial charge in [-0.25, -0.2) is 9.67 Å². The van der Waals surface area contributed by atoms with E-state index in [0.717, 1.165) is 17.7 Å². The number of hydrogen-bond acceptors (Lipinski definition) is 5. The fourth-order valence-electron chi connectivity index (χ4n) is 2.94. The molecule has 1 atom stereocenters. The lowest BCUT2D eigenvalue weighted by Gasteiger charge is -2.20. The summed E-state index contributed by atoms with van der Waals surface area (Å²) in [5.74, 6) is -0.0734. The van der Waals surface area contributed by atoms with Gasteiger partial charge in [0.25, 0.3) is 5.82 Å². The first-order valence-electron chi connectivity index (χ1n) is 7.25. The minimum atomic E-state index is -0.115. The summed E-state index contributed by atoms with van der Waals surface area (Å²) in [4.78, 5) is 29.6. The highest BCUT2D eigenvalue weighted by Crippen LogP contribution is 2.33. The molecule has 0 spiro atoms. The predicted octanol–water partition coefficient (Wildman–Crippen LogP) is 1.33. The fraction of sp³-hybridized carbons (Fsp3) is 0.312. The maximum absolute atomic E-state index is 12.4. The molecule has 0 saturated heterocycles. The molecule has 0 bridgehead atoms. The second-order valence-corrected chi connectivity index (χ2v) is 5.59. The van der Waals surface area contributed by atoms with Crippen LogP contribution in [0.4, 0.5) is 5.69 Å². The Labute approximate surface area is 133 Å². The SMILES string of the molecule is CC(=O)N1c2ccc(C(=O)Cn3cnc(C#N)n3)cc2CC1C. The number of hydrogen-bond donors (Lipinski definition) is 0. The molecular weight excluding hydrogens is 294 g/mol. The van der Waals surface area contributed by atoms with Crippen molar-refractivity contribution >= 4 is 17.4 Å². The highest BCUT2D eigenvalue weighted by Gasteiger charge is 2.29. The zero-order valence-electron chi connectivity index (χ0n) is 12.9. The number of Topliss-reactive ketones (excluding diaryl/α,β-unsaturated/α-hetero) is 1. The number of nitrogens with zero attached hydrogens (tertiary/aromatic N) is 5. The van der Waals surface area contributed by atoms with Gasteiger partial charge in [-0.2, -0.15) is 5.26 Å². The van der Waals surface area contributed by atoms with Crippen LogP contribution in [0.5, 0.6) is 0 Å². The number of anilines is 1. The average molecular weight is 309 g/mol. The molecule has 0 aliphatic carbocycles. The summed E-state index contributed by atoms with van der Waals surface area (Å²) in [7, 11) is 0. The molecule has 0 N–H and O–H groups in total. The number of carbonyl (C=O) groups is 2. The van der Waals surface area contributed by atoms with Crippen molar-refractivity contribution in [1.82, 2.24) is 14.8 Å². The fourth-order valence-corrected chi connectivity index (χ4v) is 2.94. The van der Waals surface area contributed by atoms with Gasteiger partial charge < -0.3 is 4.90 Å². The average Bonchev–Trinajstić information content (AvgIpc) is 3.08. The highest BCUT2D eigenvalue weighted by molar-refractivity contribution is 5.99. The molecule has 0 radical (unpaired) electrons. The summed E-state index contributed by atoms with van der Waals surface area (Å²) in [6.45, 7) is 3.56. The van der Waals surface area contributed by atoms with Gasteiger partial charge in [0.2, 0.25) is 5.91 Å². The first-order chi connectivity index (χ1) is 11.0. The Kier molecular flexibility index (Phi) is 3.66. The Bertz CT molecular complexity index is 833. The van der Waals surface area contributed by atoms with Gasteiger partial charge in [0.15, 0.2) is 5.78 Å². The molecule has 1 aliphatic heterocycles. The molecule has 7 heteroatoms. The lowest BCUT2D eigenvalue weighted by molar-refractivity contribution is -0.116. The van der Waals surface area contributed by atoms with E-state index < -0.39 is 0 Å². The van der Waals surface area contributed by atoms with Crippen LogP contribution in [0, 0.1) is 11.3 Å². The summed E-state index contributed by atoms with van der Waals surface area (Å²) in [5, 5.41) is 12.6. The van der Waals surface area contributed by atoms with Crippen LogP contribution in [0.25, 0.3) is 0 Å². The smallest absolute Gasteiger partial charge is 0.252 e. The molecule has 2 heterocycles. The molecule has 23 heavy (non-hydrogen) atoms. The van der Waals surface area contributed by atoms with E-state index in [-0.39, 0.29) is 30.1 Å². The zero-order valence-corrected chi connectivity index (χ0v) is 12.9. The van der Waals surface area contributed by atoms with Gasteiger partial charge >= 0.3 is 0 Å². The lowest BCUT2D eigenvalue weighted by Crippen LogP contribution is -2.33. The number of aromatic nitrogens is 3. The quantitative estimate of drug-likeness (QED) is 0.798. The van der Waals surface area contributed by atoms with Crippen molar-refractivity contribution in [3.05, 3.63) is 41.5 Å². The van der Waals surface area contributed by atoms with Gasteiger partial charge in [0.1, 0.15) is 18.9 Å². The second-order valence-electron chi connectivity index (χ2n) is 5.59. The number of ketones is 1. The predicted molar refractivity (Wildman–Crippen MR) is 81.8 cm³/mol. The van der Waals surface area contributed by atoms with Gasteiger partial charge in [0.05, 0.1) is 0 Å². The Hall–Kier alpha value is -3.01. The Morgan fingerprint density at radius 2 is 2.22 bits per heavy atom. The molecule has 7 nitrogen and oxygen atoms in total. The minimum absolute atomic E-state index is 0.00183. The summed E-state index contributed by atoms with van der Waals surface area (Å²) < 4.78 is 1.35. The van der Waals surface area contributed by atoms with Crippen LogP contribution in [0.1, 0.15) is 35.6 Å². The normalized spacial score (nSPS) is 16.0. The third-order valence-corrected chi connectivity index (χ3v) is 3.90. The van der Waals surface area contributed by atoms with Crippen LogP contribution < -0.4 is 4.90 Å². The Morgan fingerprint density at radius 1 is 1.43 bits per heavy atom. The Morgan fingerprint density at radius 3 is 2.87 bits per heavy atom. The second kappa shape index (κ2) is 5.65. The van der Waals surface area contributed by atoms with Crippen LogP contribution in [-0.4, -0.2) is 32.5 Å². The van der Waals surface area contributed by atoms with Crippen LogP contribution >= 0.6 is 0 Å². The van der Waals surface area contributed by atoms with E-state index in [2.05, 4.69) is 10.1 Å². The summed E-state index contributed by atoms with van der Waals surface area (Å²) >= 11 is 0. The summed E-state index contributed by atoms with van der Waals surface area (Å²) in [6.07, 6.45) is 2.10. The molecule has 3 rings (SSSR count). The van der Waals surface area contributed by atoms with Crippen LogP contribution in [-0.2, 0) is 17.8 Å². The third-order valence-electron chi connectivity index (χ3n) is 3.90. The maximum Gasteiger partial charge on any atom is 0.252 e. The van der Waals surface area contributed by atoms with Crippen molar-refractivity contribution in [2.24, 2.45) is 0 Å². The van der Waals surface area contributed by atoms with E-state index in [0.29, 0.717) is 5.56 Å². The lowest BCUT2D eigenvalue weighted by atomic mass is 10.0. The van der Waals surface area contributed by atoms with E-state index in [1.165, 1.54) is 11.0 Å². The monoisotopic (exact) mass is 309 g/mol.